The van der Waals surface area contributed by atoms with Gasteiger partial charge in [0.2, 0.25) is 5.75 Å². The predicted octanol–water partition coefficient (Wildman–Crippen LogP) is 3.48. The maximum Gasteiger partial charge on any atom is 0.573 e. The Morgan fingerprint density at radius 1 is 0.900 bits per heavy atom. The fourth-order valence-electron chi connectivity index (χ4n) is 2.70. The predicted molar refractivity (Wildman–Crippen MR) is 106 cm³/mol. The van der Waals surface area contributed by atoms with Crippen molar-refractivity contribution in [2.45, 2.75) is 19.5 Å². The summed E-state index contributed by atoms with van der Waals surface area (Å²) >= 11 is 0. The lowest BCUT2D eigenvalue weighted by Gasteiger charge is -2.17. The van der Waals surface area contributed by atoms with Crippen molar-refractivity contribution in [2.24, 2.45) is 4.99 Å². The molecular weight excluding hydrogens is 403 g/mol. The highest BCUT2D eigenvalue weighted by Gasteiger charge is 2.31. The van der Waals surface area contributed by atoms with Gasteiger partial charge in [-0.2, -0.15) is 0 Å². The summed E-state index contributed by atoms with van der Waals surface area (Å²) in [5, 5.41) is 6.05. The van der Waals surface area contributed by atoms with Crippen molar-refractivity contribution in [3.05, 3.63) is 47.5 Å². The van der Waals surface area contributed by atoms with Crippen molar-refractivity contribution in [2.75, 3.05) is 28.4 Å². The molecule has 2 aromatic carbocycles. The van der Waals surface area contributed by atoms with Crippen LogP contribution in [-0.2, 0) is 13.1 Å². The van der Waals surface area contributed by atoms with Crippen LogP contribution in [-0.4, -0.2) is 40.7 Å². The fourth-order valence-corrected chi connectivity index (χ4v) is 2.70. The molecule has 10 heteroatoms. The zero-order valence-corrected chi connectivity index (χ0v) is 17.1. The molecule has 0 aromatic heterocycles. The number of nitrogens with zero attached hydrogens (tertiary/aromatic N) is 1. The molecule has 0 atom stereocenters. The van der Waals surface area contributed by atoms with Gasteiger partial charge in [0.05, 0.1) is 21.3 Å². The second-order valence-electron chi connectivity index (χ2n) is 5.97. The number of nitrogens with one attached hydrogen (secondary N) is 2. The molecule has 7 nitrogen and oxygen atoms in total. The van der Waals surface area contributed by atoms with Crippen LogP contribution in [0.25, 0.3) is 0 Å². The number of rotatable bonds is 8. The van der Waals surface area contributed by atoms with E-state index in [4.69, 9.17) is 14.2 Å². The Balaban J connectivity index is 2.05. The summed E-state index contributed by atoms with van der Waals surface area (Å²) in [6.45, 7) is 0.443. The second-order valence-corrected chi connectivity index (χ2v) is 5.97. The van der Waals surface area contributed by atoms with E-state index in [1.807, 2.05) is 0 Å². The number of hydrogen-bond donors (Lipinski definition) is 2. The van der Waals surface area contributed by atoms with Crippen molar-refractivity contribution in [1.82, 2.24) is 10.6 Å². The van der Waals surface area contributed by atoms with Gasteiger partial charge in [-0.05, 0) is 23.8 Å². The molecule has 0 fully saturated rings. The summed E-state index contributed by atoms with van der Waals surface area (Å²) in [6, 6.07) is 9.48. The number of hydrogen-bond acceptors (Lipinski definition) is 5. The maximum atomic E-state index is 12.6. The van der Waals surface area contributed by atoms with E-state index in [0.29, 0.717) is 35.3 Å². The van der Waals surface area contributed by atoms with E-state index < -0.39 is 6.36 Å². The molecule has 0 spiro atoms. The SMILES string of the molecule is CN=C(NCc1cc(OC)c(OC)c(OC)c1)NCc1ccccc1OC(F)(F)F. The fraction of sp³-hybridized carbons (Fsp3) is 0.350. The highest BCUT2D eigenvalue weighted by Crippen LogP contribution is 2.38. The minimum Gasteiger partial charge on any atom is -0.493 e. The average Bonchev–Trinajstić information content (AvgIpc) is 2.72. The molecule has 0 radical (unpaired) electrons. The normalized spacial score (nSPS) is 11.6. The topological polar surface area (TPSA) is 73.3 Å². The van der Waals surface area contributed by atoms with E-state index >= 15 is 0 Å². The van der Waals surface area contributed by atoms with Gasteiger partial charge in [-0.3, -0.25) is 4.99 Å². The van der Waals surface area contributed by atoms with Crippen LogP contribution in [0.2, 0.25) is 0 Å². The first-order valence-corrected chi connectivity index (χ1v) is 8.88. The first-order valence-electron chi connectivity index (χ1n) is 8.88. The molecule has 0 unspecified atom stereocenters. The first kappa shape index (κ1) is 23.0. The summed E-state index contributed by atoms with van der Waals surface area (Å²) in [7, 11) is 6.12. The summed E-state index contributed by atoms with van der Waals surface area (Å²) in [4.78, 5) is 4.09. The first-order chi connectivity index (χ1) is 14.3. The van der Waals surface area contributed by atoms with Crippen LogP contribution in [0.3, 0.4) is 0 Å². The number of guanidine groups is 1. The number of para-hydroxylation sites is 1. The van der Waals surface area contributed by atoms with Crippen LogP contribution in [0.1, 0.15) is 11.1 Å². The molecule has 2 N–H and O–H groups in total. The van der Waals surface area contributed by atoms with E-state index in [0.717, 1.165) is 5.56 Å². The van der Waals surface area contributed by atoms with Crippen molar-refractivity contribution >= 4 is 5.96 Å². The number of methoxy groups -OCH3 is 3. The molecule has 30 heavy (non-hydrogen) atoms. The largest absolute Gasteiger partial charge is 0.573 e. The molecule has 0 aliphatic rings. The molecule has 0 saturated carbocycles. The molecule has 2 aromatic rings. The third-order valence-electron chi connectivity index (χ3n) is 4.05. The molecule has 0 saturated heterocycles. The maximum absolute atomic E-state index is 12.6. The Kier molecular flexibility index (Phi) is 8.02. The van der Waals surface area contributed by atoms with Crippen LogP contribution in [0.15, 0.2) is 41.4 Å². The summed E-state index contributed by atoms with van der Waals surface area (Å²) in [5.41, 5.74) is 1.17. The van der Waals surface area contributed by atoms with E-state index in [9.17, 15) is 13.2 Å². The molecule has 2 rings (SSSR count). The molecule has 0 aliphatic carbocycles. The third-order valence-corrected chi connectivity index (χ3v) is 4.05. The summed E-state index contributed by atoms with van der Waals surface area (Å²) < 4.78 is 57.7. The monoisotopic (exact) mass is 427 g/mol. The highest BCUT2D eigenvalue weighted by atomic mass is 19.4. The Morgan fingerprint density at radius 2 is 1.50 bits per heavy atom. The standard InChI is InChI=1S/C20H24F3N3O4/c1-24-19(26-12-14-7-5-6-8-15(14)30-20(21,22)23)25-11-13-9-16(27-2)18(29-4)17(10-13)28-3/h5-10H,11-12H2,1-4H3,(H2,24,25,26). The van der Waals surface area contributed by atoms with Crippen molar-refractivity contribution in [3.8, 4) is 23.0 Å². The number of alkyl halides is 3. The molecule has 0 heterocycles. The number of halogens is 3. The van der Waals surface area contributed by atoms with Gasteiger partial charge >= 0.3 is 6.36 Å². The van der Waals surface area contributed by atoms with E-state index in [2.05, 4.69) is 20.4 Å². The Hall–Kier alpha value is -3.30. The third kappa shape index (κ3) is 6.36. The molecule has 0 aliphatic heterocycles. The highest BCUT2D eigenvalue weighted by molar-refractivity contribution is 5.79. The molecule has 164 valence electrons. The van der Waals surface area contributed by atoms with Gasteiger partial charge < -0.3 is 29.6 Å². The quantitative estimate of drug-likeness (QED) is 0.497. The lowest BCUT2D eigenvalue weighted by atomic mass is 10.1. The van der Waals surface area contributed by atoms with Gasteiger partial charge in [0.1, 0.15) is 5.75 Å². The lowest BCUT2D eigenvalue weighted by Crippen LogP contribution is -2.36. The number of benzene rings is 2. The number of ether oxygens (including phenoxy) is 4. The van der Waals surface area contributed by atoms with Crippen molar-refractivity contribution in [1.29, 1.82) is 0 Å². The zero-order valence-electron chi connectivity index (χ0n) is 17.1. The van der Waals surface area contributed by atoms with E-state index in [1.54, 1.807) is 31.3 Å². The van der Waals surface area contributed by atoms with Gasteiger partial charge in [-0.25, -0.2) is 0 Å². The van der Waals surface area contributed by atoms with Gasteiger partial charge in [0.25, 0.3) is 0 Å². The van der Waals surface area contributed by atoms with Crippen LogP contribution < -0.4 is 29.6 Å². The van der Waals surface area contributed by atoms with Gasteiger partial charge in [0, 0.05) is 25.7 Å². The smallest absolute Gasteiger partial charge is 0.493 e. The summed E-state index contributed by atoms with van der Waals surface area (Å²) in [5.74, 6) is 1.63. The van der Waals surface area contributed by atoms with Gasteiger partial charge in [-0.1, -0.05) is 18.2 Å². The Morgan fingerprint density at radius 3 is 2.03 bits per heavy atom. The van der Waals surface area contributed by atoms with Gasteiger partial charge in [0.15, 0.2) is 17.5 Å². The minimum atomic E-state index is -4.76. The minimum absolute atomic E-state index is 0.0845. The molecule has 0 bridgehead atoms. The van der Waals surface area contributed by atoms with Crippen LogP contribution >= 0.6 is 0 Å². The molecule has 0 amide bonds. The second kappa shape index (κ2) is 10.5. The lowest BCUT2D eigenvalue weighted by molar-refractivity contribution is -0.274. The summed E-state index contributed by atoms with van der Waals surface area (Å²) in [6.07, 6.45) is -4.76. The van der Waals surface area contributed by atoms with Crippen LogP contribution in [0.5, 0.6) is 23.0 Å². The average molecular weight is 427 g/mol. The Bertz CT molecular complexity index is 848. The van der Waals surface area contributed by atoms with Crippen LogP contribution in [0, 0.1) is 0 Å². The molecular formula is C20H24F3N3O4. The van der Waals surface area contributed by atoms with Crippen molar-refractivity contribution in [3.63, 3.8) is 0 Å². The van der Waals surface area contributed by atoms with Crippen molar-refractivity contribution < 1.29 is 32.1 Å². The van der Waals surface area contributed by atoms with Crippen LogP contribution in [0.4, 0.5) is 13.2 Å². The van der Waals surface area contributed by atoms with E-state index in [-0.39, 0.29) is 12.3 Å². The van der Waals surface area contributed by atoms with Gasteiger partial charge in [-0.15, -0.1) is 13.2 Å². The Labute approximate surface area is 172 Å². The number of aliphatic imine (C=N–C) groups is 1. The van der Waals surface area contributed by atoms with E-state index in [1.165, 1.54) is 33.5 Å². The zero-order chi connectivity index (χ0) is 22.1.